The van der Waals surface area contributed by atoms with E-state index < -0.39 is 16.0 Å². The molecule has 4 N–H and O–H groups in total. The van der Waals surface area contributed by atoms with Crippen LogP contribution in [-0.2, 0) is 10.0 Å². The Morgan fingerprint density at radius 3 is 2.38 bits per heavy atom. The number of carbonyl (C=O) groups is 1. The molecule has 0 radical (unpaired) electrons. The molecule has 0 saturated carbocycles. The number of benzene rings is 2. The number of H-pyrrole nitrogens is 1. The molecule has 0 atom stereocenters. The molecule has 0 unspecified atom stereocenters. The molecule has 2 aromatic carbocycles. The Morgan fingerprint density at radius 2 is 1.78 bits per heavy atom. The third-order valence-corrected chi connectivity index (χ3v) is 6.15. The molecule has 3 aromatic rings. The van der Waals surface area contributed by atoms with E-state index in [4.69, 9.17) is 9.88 Å². The number of sulfonamides is 1. The van der Waals surface area contributed by atoms with Crippen LogP contribution in [0, 0.1) is 0 Å². The van der Waals surface area contributed by atoms with Crippen LogP contribution in [0.4, 0.5) is 5.69 Å². The van der Waals surface area contributed by atoms with Crippen LogP contribution >= 0.6 is 0 Å². The van der Waals surface area contributed by atoms with Gasteiger partial charge in [0.05, 0.1) is 11.3 Å². The van der Waals surface area contributed by atoms with E-state index in [0.29, 0.717) is 24.5 Å². The molecule has 1 aromatic heterocycles. The molecule has 172 valence electrons. The van der Waals surface area contributed by atoms with Gasteiger partial charge in [0.2, 0.25) is 10.0 Å². The molecule has 0 aliphatic carbocycles. The van der Waals surface area contributed by atoms with E-state index in [0.717, 1.165) is 42.7 Å². The number of aromatic nitrogens is 1. The van der Waals surface area contributed by atoms with E-state index in [9.17, 15) is 18.3 Å². The second-order valence-corrected chi connectivity index (χ2v) is 9.23. The molecule has 0 bridgehead atoms. The summed E-state index contributed by atoms with van der Waals surface area (Å²) in [7, 11) is -4.26. The normalized spacial score (nSPS) is 11.6. The van der Waals surface area contributed by atoms with Crippen molar-refractivity contribution in [3.63, 3.8) is 0 Å². The van der Waals surface area contributed by atoms with Crippen LogP contribution in [0.2, 0.25) is 0 Å². The minimum Gasteiger partial charge on any atom is -0.478 e. The summed E-state index contributed by atoms with van der Waals surface area (Å²) >= 11 is 0. The van der Waals surface area contributed by atoms with Crippen molar-refractivity contribution in [2.75, 3.05) is 18.0 Å². The highest BCUT2D eigenvalue weighted by molar-refractivity contribution is 7.89. The van der Waals surface area contributed by atoms with Gasteiger partial charge in [0.1, 0.15) is 10.6 Å². The molecule has 9 heteroatoms. The number of fused-ring (bicyclic) bond motifs is 1. The zero-order valence-electron chi connectivity index (χ0n) is 18.3. The third-order valence-electron chi connectivity index (χ3n) is 5.24. The zero-order valence-corrected chi connectivity index (χ0v) is 19.1. The molecule has 0 fully saturated rings. The van der Waals surface area contributed by atoms with Crippen LogP contribution in [-0.4, -0.2) is 37.6 Å². The van der Waals surface area contributed by atoms with Gasteiger partial charge >= 0.3 is 5.97 Å². The first-order valence-corrected chi connectivity index (χ1v) is 12.2. The fourth-order valence-electron chi connectivity index (χ4n) is 3.52. The largest absolute Gasteiger partial charge is 0.478 e. The van der Waals surface area contributed by atoms with Gasteiger partial charge < -0.3 is 19.7 Å². The molecule has 0 aliphatic heterocycles. The first-order chi connectivity index (χ1) is 15.2. The fourth-order valence-corrected chi connectivity index (χ4v) is 4.22. The van der Waals surface area contributed by atoms with Gasteiger partial charge in [0, 0.05) is 30.2 Å². The van der Waals surface area contributed by atoms with E-state index >= 15 is 0 Å². The minimum absolute atomic E-state index is 0.0413. The summed E-state index contributed by atoms with van der Waals surface area (Å²) in [5.74, 6) is -0.765. The van der Waals surface area contributed by atoms with Gasteiger partial charge in [-0.3, -0.25) is 0 Å². The first kappa shape index (κ1) is 23.6. The average molecular weight is 460 g/mol. The predicted molar refractivity (Wildman–Crippen MR) is 125 cm³/mol. The smallest absolute Gasteiger partial charge is 0.335 e. The van der Waals surface area contributed by atoms with Crippen molar-refractivity contribution < 1.29 is 23.1 Å². The van der Waals surface area contributed by atoms with Crippen LogP contribution in [0.15, 0.2) is 47.5 Å². The minimum atomic E-state index is -4.26. The molecule has 0 spiro atoms. The van der Waals surface area contributed by atoms with Crippen molar-refractivity contribution in [1.82, 2.24) is 4.98 Å². The maximum Gasteiger partial charge on any atom is 0.335 e. The quantitative estimate of drug-likeness (QED) is 0.381. The Labute approximate surface area is 188 Å². The summed E-state index contributed by atoms with van der Waals surface area (Å²) in [5, 5.41) is 16.0. The lowest BCUT2D eigenvalue weighted by Crippen LogP contribution is -2.27. The summed E-state index contributed by atoms with van der Waals surface area (Å²) in [6.07, 6.45) is 5.39. The summed E-state index contributed by atoms with van der Waals surface area (Å²) in [4.78, 5) is 16.5. The third kappa shape index (κ3) is 5.41. The summed E-state index contributed by atoms with van der Waals surface area (Å²) in [6, 6.07) is 9.75. The lowest BCUT2D eigenvalue weighted by atomic mass is 10.1. The maximum atomic E-state index is 12.5. The predicted octanol–water partition coefficient (Wildman–Crippen LogP) is 4.71. The molecule has 32 heavy (non-hydrogen) atoms. The van der Waals surface area contributed by atoms with E-state index in [-0.39, 0.29) is 16.2 Å². The summed E-state index contributed by atoms with van der Waals surface area (Å²) in [6.45, 7) is 5.39. The van der Waals surface area contributed by atoms with E-state index in [1.807, 2.05) is 17.0 Å². The Kier molecular flexibility index (Phi) is 7.42. The number of aromatic carboxylic acids is 1. The Balaban J connectivity index is 2.20. The number of nitrogens with zero attached hydrogens (tertiary/aromatic N) is 1. The van der Waals surface area contributed by atoms with Gasteiger partial charge in [-0.05, 0) is 49.2 Å². The second kappa shape index (κ2) is 10.1. The standard InChI is InChI=1S/C23H29N3O5S/c1-3-5-11-26(12-6-4-2)20-14-17(23(27)28)15-21(32(24,29)30)22(20)31-18-7-8-19-16(13-18)9-10-25-19/h7-10,13-15,25H,3-6,11-12H2,1-2H3,(H,27,28)(H2,24,29,30). The highest BCUT2D eigenvalue weighted by atomic mass is 32.2. The first-order valence-electron chi connectivity index (χ1n) is 10.7. The Bertz CT molecular complexity index is 1200. The number of unbranched alkanes of at least 4 members (excludes halogenated alkanes) is 2. The van der Waals surface area contributed by atoms with E-state index in [1.54, 1.807) is 18.3 Å². The Morgan fingerprint density at radius 1 is 1.09 bits per heavy atom. The summed E-state index contributed by atoms with van der Waals surface area (Å²) in [5.41, 5.74) is 1.17. The SMILES string of the molecule is CCCCN(CCCC)c1cc(C(=O)O)cc(S(N)(=O)=O)c1Oc1ccc2[nH]ccc2c1. The molecule has 0 saturated heterocycles. The van der Waals surface area contributed by atoms with Crippen LogP contribution in [0.25, 0.3) is 10.9 Å². The number of carboxylic acid groups (broad SMARTS) is 1. The lowest BCUT2D eigenvalue weighted by molar-refractivity contribution is 0.0696. The molecular formula is C23H29N3O5S. The molecule has 1 heterocycles. The van der Waals surface area contributed by atoms with Crippen LogP contribution in [0.5, 0.6) is 11.5 Å². The van der Waals surface area contributed by atoms with Crippen molar-refractivity contribution in [2.24, 2.45) is 5.14 Å². The molecule has 3 rings (SSSR count). The van der Waals surface area contributed by atoms with Crippen LogP contribution in [0.3, 0.4) is 0 Å². The molecule has 0 amide bonds. The van der Waals surface area contributed by atoms with Crippen molar-refractivity contribution in [1.29, 1.82) is 0 Å². The molecule has 8 nitrogen and oxygen atoms in total. The number of hydrogen-bond acceptors (Lipinski definition) is 5. The van der Waals surface area contributed by atoms with Gasteiger partial charge in [-0.25, -0.2) is 18.4 Å². The number of primary sulfonamides is 1. The number of anilines is 1. The molecular weight excluding hydrogens is 430 g/mol. The van der Waals surface area contributed by atoms with Crippen molar-refractivity contribution in [2.45, 2.75) is 44.4 Å². The number of nitrogens with one attached hydrogen (secondary N) is 1. The van der Waals surface area contributed by atoms with Crippen LogP contribution in [0.1, 0.15) is 49.9 Å². The monoisotopic (exact) mass is 459 g/mol. The number of carboxylic acids is 1. The van der Waals surface area contributed by atoms with Gasteiger partial charge in [-0.2, -0.15) is 0 Å². The van der Waals surface area contributed by atoms with Crippen LogP contribution < -0.4 is 14.8 Å². The van der Waals surface area contributed by atoms with E-state index in [1.165, 1.54) is 6.07 Å². The number of ether oxygens (including phenoxy) is 1. The number of aromatic amines is 1. The van der Waals surface area contributed by atoms with E-state index in [2.05, 4.69) is 18.8 Å². The van der Waals surface area contributed by atoms with Crippen molar-refractivity contribution in [3.05, 3.63) is 48.2 Å². The van der Waals surface area contributed by atoms with Gasteiger partial charge in [-0.1, -0.05) is 26.7 Å². The highest BCUT2D eigenvalue weighted by Crippen LogP contribution is 2.40. The maximum absolute atomic E-state index is 12.5. The number of hydrogen-bond donors (Lipinski definition) is 3. The van der Waals surface area contributed by atoms with Crippen molar-refractivity contribution >= 4 is 32.6 Å². The highest BCUT2D eigenvalue weighted by Gasteiger charge is 2.26. The van der Waals surface area contributed by atoms with Crippen molar-refractivity contribution in [3.8, 4) is 11.5 Å². The molecule has 0 aliphatic rings. The summed E-state index contributed by atoms with van der Waals surface area (Å²) < 4.78 is 31.1. The number of nitrogens with two attached hydrogens (primary N) is 1. The second-order valence-electron chi connectivity index (χ2n) is 7.70. The fraction of sp³-hybridized carbons (Fsp3) is 0.348. The Hall–Kier alpha value is -3.04. The number of rotatable bonds is 11. The zero-order chi connectivity index (χ0) is 23.3. The van der Waals surface area contributed by atoms with Gasteiger partial charge in [0.15, 0.2) is 5.75 Å². The van der Waals surface area contributed by atoms with Gasteiger partial charge in [0.25, 0.3) is 0 Å². The van der Waals surface area contributed by atoms with Gasteiger partial charge in [-0.15, -0.1) is 0 Å². The average Bonchev–Trinajstić information content (AvgIpc) is 3.21. The topological polar surface area (TPSA) is 126 Å². The lowest BCUT2D eigenvalue weighted by Gasteiger charge is -2.28.